The highest BCUT2D eigenvalue weighted by atomic mass is 19.4. The number of rotatable bonds is 4. The molecule has 4 nitrogen and oxygen atoms in total. The number of hydrogen-bond acceptors (Lipinski definition) is 3. The first-order chi connectivity index (χ1) is 18.1. The minimum absolute atomic E-state index is 0.0442. The third-order valence-corrected chi connectivity index (χ3v) is 6.14. The highest BCUT2D eigenvalue weighted by Crippen LogP contribution is 2.35. The molecule has 1 amide bonds. The predicted octanol–water partition coefficient (Wildman–Crippen LogP) is 7.32. The summed E-state index contributed by atoms with van der Waals surface area (Å²) >= 11 is 0. The quantitative estimate of drug-likeness (QED) is 0.339. The summed E-state index contributed by atoms with van der Waals surface area (Å²) in [7, 11) is 0. The molecule has 0 bridgehead atoms. The van der Waals surface area contributed by atoms with Gasteiger partial charge in [0.2, 0.25) is 0 Å². The minimum Gasteiger partial charge on any atom is -0.368 e. The Kier molecular flexibility index (Phi) is 7.46. The lowest BCUT2D eigenvalue weighted by atomic mass is 10.1. The average molecular weight is 561 g/mol. The monoisotopic (exact) mass is 561 g/mol. The molecule has 0 radical (unpaired) electrons. The Bertz CT molecular complexity index is 1340. The lowest BCUT2D eigenvalue weighted by Crippen LogP contribution is -2.46. The van der Waals surface area contributed by atoms with Crippen molar-refractivity contribution >= 4 is 23.0 Å². The second kappa shape index (κ2) is 10.3. The van der Waals surface area contributed by atoms with Gasteiger partial charge in [-0.25, -0.2) is 0 Å². The van der Waals surface area contributed by atoms with E-state index in [4.69, 9.17) is 0 Å². The molecule has 0 unspecified atom stereocenters. The van der Waals surface area contributed by atoms with Crippen molar-refractivity contribution in [2.75, 3.05) is 41.3 Å². The van der Waals surface area contributed by atoms with Crippen molar-refractivity contribution in [3.05, 3.63) is 89.0 Å². The second-order valence-corrected chi connectivity index (χ2v) is 8.82. The molecule has 1 N–H and O–H groups in total. The molecule has 0 spiro atoms. The smallest absolute Gasteiger partial charge is 0.368 e. The van der Waals surface area contributed by atoms with Crippen LogP contribution in [0.3, 0.4) is 0 Å². The van der Waals surface area contributed by atoms with Crippen LogP contribution >= 0.6 is 0 Å². The van der Waals surface area contributed by atoms with Gasteiger partial charge < -0.3 is 15.1 Å². The molecule has 1 saturated heterocycles. The van der Waals surface area contributed by atoms with Crippen LogP contribution in [0.1, 0.15) is 27.0 Å². The fourth-order valence-corrected chi connectivity index (χ4v) is 4.17. The average Bonchev–Trinajstić information content (AvgIpc) is 2.87. The van der Waals surface area contributed by atoms with Gasteiger partial charge in [0.1, 0.15) is 0 Å². The Morgan fingerprint density at radius 1 is 0.590 bits per heavy atom. The van der Waals surface area contributed by atoms with Gasteiger partial charge in [-0.15, -0.1) is 0 Å². The molecule has 3 aromatic carbocycles. The van der Waals surface area contributed by atoms with Crippen LogP contribution in [-0.2, 0) is 18.5 Å². The molecule has 0 aromatic heterocycles. The Morgan fingerprint density at radius 2 is 1.08 bits per heavy atom. The molecule has 1 aliphatic heterocycles. The van der Waals surface area contributed by atoms with Gasteiger partial charge in [0.25, 0.3) is 5.91 Å². The highest BCUT2D eigenvalue weighted by Gasteiger charge is 2.34. The lowest BCUT2D eigenvalue weighted by Gasteiger charge is -2.38. The third kappa shape index (κ3) is 6.76. The normalized spacial score (nSPS) is 14.9. The fraction of sp³-hybridized carbons (Fsp3) is 0.269. The van der Waals surface area contributed by atoms with E-state index < -0.39 is 46.7 Å². The maximum atomic E-state index is 13.6. The Labute approximate surface area is 216 Å². The summed E-state index contributed by atoms with van der Waals surface area (Å²) in [6.07, 6.45) is -14.0. The largest absolute Gasteiger partial charge is 0.416 e. The number of piperazine rings is 1. The molecule has 3 aromatic rings. The second-order valence-electron chi connectivity index (χ2n) is 8.82. The first-order valence-corrected chi connectivity index (χ1v) is 11.5. The highest BCUT2D eigenvalue weighted by molar-refractivity contribution is 6.05. The van der Waals surface area contributed by atoms with E-state index in [1.165, 1.54) is 24.3 Å². The number of amides is 1. The summed E-state index contributed by atoms with van der Waals surface area (Å²) < 4.78 is 119. The van der Waals surface area contributed by atoms with Crippen LogP contribution < -0.4 is 15.1 Å². The van der Waals surface area contributed by atoms with E-state index in [2.05, 4.69) is 5.32 Å². The van der Waals surface area contributed by atoms with E-state index in [0.717, 1.165) is 30.3 Å². The maximum absolute atomic E-state index is 13.6. The number of carbonyl (C=O) groups is 1. The van der Waals surface area contributed by atoms with Crippen molar-refractivity contribution in [1.82, 2.24) is 0 Å². The van der Waals surface area contributed by atoms with E-state index in [0.29, 0.717) is 17.8 Å². The van der Waals surface area contributed by atoms with E-state index in [-0.39, 0.29) is 37.6 Å². The van der Waals surface area contributed by atoms with E-state index >= 15 is 0 Å². The lowest BCUT2D eigenvalue weighted by molar-refractivity contribution is -0.138. The van der Waals surface area contributed by atoms with Crippen molar-refractivity contribution in [1.29, 1.82) is 0 Å². The molecule has 4 rings (SSSR count). The zero-order valence-corrected chi connectivity index (χ0v) is 19.9. The molecule has 13 heteroatoms. The molecule has 208 valence electrons. The first kappa shape index (κ1) is 28.1. The first-order valence-electron chi connectivity index (χ1n) is 11.5. The van der Waals surface area contributed by atoms with Gasteiger partial charge in [-0.3, -0.25) is 4.79 Å². The van der Waals surface area contributed by atoms with Crippen molar-refractivity contribution in [2.45, 2.75) is 18.5 Å². The molecule has 0 atom stereocenters. The molecule has 1 heterocycles. The Morgan fingerprint density at radius 3 is 1.64 bits per heavy atom. The van der Waals surface area contributed by atoms with E-state index in [1.807, 2.05) is 0 Å². The van der Waals surface area contributed by atoms with Gasteiger partial charge in [-0.2, -0.15) is 39.5 Å². The number of nitrogens with zero attached hydrogens (tertiary/aromatic N) is 2. The standard InChI is InChI=1S/C26H20F9N3O/c27-24(28,29)17-3-1-5-20(13-17)36-23(39)16-11-19(26(33,34)35)15-22(12-16)38-9-7-37(8-10-38)21-6-2-4-18(14-21)25(30,31)32/h1-6,11-15H,7-10H2,(H,36,39). The van der Waals surface area contributed by atoms with Crippen molar-refractivity contribution in [2.24, 2.45) is 0 Å². The number of anilines is 3. The summed E-state index contributed by atoms with van der Waals surface area (Å²) in [4.78, 5) is 16.0. The number of benzene rings is 3. The summed E-state index contributed by atoms with van der Waals surface area (Å²) in [6, 6.07) is 11.0. The molecule has 39 heavy (non-hydrogen) atoms. The molecular weight excluding hydrogens is 541 g/mol. The van der Waals surface area contributed by atoms with Crippen molar-refractivity contribution < 1.29 is 44.3 Å². The van der Waals surface area contributed by atoms with Crippen LogP contribution in [0.4, 0.5) is 56.6 Å². The van der Waals surface area contributed by atoms with Gasteiger partial charge in [-0.1, -0.05) is 12.1 Å². The van der Waals surface area contributed by atoms with Crippen LogP contribution in [0.25, 0.3) is 0 Å². The van der Waals surface area contributed by atoms with Gasteiger partial charge in [0.05, 0.1) is 16.7 Å². The van der Waals surface area contributed by atoms with E-state index in [9.17, 15) is 44.3 Å². The Hall–Kier alpha value is -3.90. The zero-order valence-electron chi connectivity index (χ0n) is 19.9. The van der Waals surface area contributed by atoms with Gasteiger partial charge in [-0.05, 0) is 54.6 Å². The molecular formula is C26H20F9N3O. The molecule has 0 saturated carbocycles. The van der Waals surface area contributed by atoms with E-state index in [1.54, 1.807) is 9.80 Å². The van der Waals surface area contributed by atoms with Crippen molar-refractivity contribution in [3.63, 3.8) is 0 Å². The maximum Gasteiger partial charge on any atom is 0.416 e. The minimum atomic E-state index is -4.82. The molecule has 1 aliphatic rings. The third-order valence-electron chi connectivity index (χ3n) is 6.14. The van der Waals surface area contributed by atoms with Gasteiger partial charge in [0.15, 0.2) is 0 Å². The van der Waals surface area contributed by atoms with Crippen LogP contribution in [0.2, 0.25) is 0 Å². The number of nitrogens with one attached hydrogen (secondary N) is 1. The van der Waals surface area contributed by atoms with Gasteiger partial charge in [0, 0.05) is 48.8 Å². The number of carbonyl (C=O) groups excluding carboxylic acids is 1. The Balaban J connectivity index is 1.55. The van der Waals surface area contributed by atoms with Crippen LogP contribution in [0.5, 0.6) is 0 Å². The number of hydrogen-bond donors (Lipinski definition) is 1. The number of halogens is 9. The SMILES string of the molecule is O=C(Nc1cccc(C(F)(F)F)c1)c1cc(N2CCN(c3cccc(C(F)(F)F)c3)CC2)cc(C(F)(F)F)c1. The fourth-order valence-electron chi connectivity index (χ4n) is 4.17. The van der Waals surface area contributed by atoms with Crippen molar-refractivity contribution in [3.8, 4) is 0 Å². The van der Waals surface area contributed by atoms with Gasteiger partial charge >= 0.3 is 18.5 Å². The summed E-state index contributed by atoms with van der Waals surface area (Å²) in [5, 5.41) is 2.20. The zero-order chi connectivity index (χ0) is 28.6. The predicted molar refractivity (Wildman–Crippen MR) is 127 cm³/mol. The molecule has 1 fully saturated rings. The topological polar surface area (TPSA) is 35.6 Å². The molecule has 0 aliphatic carbocycles. The summed E-state index contributed by atoms with van der Waals surface area (Å²) in [5.74, 6) is -1.04. The van der Waals surface area contributed by atoms with Crippen LogP contribution in [0.15, 0.2) is 66.7 Å². The summed E-state index contributed by atoms with van der Waals surface area (Å²) in [5.41, 5.74) is -3.30. The van der Waals surface area contributed by atoms with Crippen LogP contribution in [0, 0.1) is 0 Å². The van der Waals surface area contributed by atoms with Crippen LogP contribution in [-0.4, -0.2) is 32.1 Å². The number of alkyl halides is 9. The summed E-state index contributed by atoms with van der Waals surface area (Å²) in [6.45, 7) is 0.686.